The average molecular weight is 243 g/mol. The third-order valence-corrected chi connectivity index (χ3v) is 1.43. The average Bonchev–Trinajstić information content (AvgIpc) is 2.15. The highest BCUT2D eigenvalue weighted by atomic mass is 19.4. The number of alkyl halides is 3. The first-order chi connectivity index (χ1) is 7.45. The molecule has 0 unspecified atom stereocenters. The Morgan fingerprint density at radius 3 is 2.50 bits per heavy atom. The van der Waals surface area contributed by atoms with Crippen LogP contribution >= 0.6 is 0 Å². The molecule has 7 heteroatoms. The van der Waals surface area contributed by atoms with Crippen LogP contribution in [-0.2, 0) is 14.3 Å². The van der Waals surface area contributed by atoms with Gasteiger partial charge in [0.1, 0.15) is 6.61 Å². The molecule has 4 nitrogen and oxygen atoms in total. The minimum Gasteiger partial charge on any atom is -0.462 e. The molecule has 1 N–H and O–H groups in total. The van der Waals surface area contributed by atoms with Crippen molar-refractivity contribution in [2.24, 2.45) is 0 Å². The first-order valence-electron chi connectivity index (χ1n) is 4.96. The van der Waals surface area contributed by atoms with E-state index in [0.717, 1.165) is 6.42 Å². The summed E-state index contributed by atoms with van der Waals surface area (Å²) < 4.78 is 44.6. The van der Waals surface area contributed by atoms with E-state index in [9.17, 15) is 18.0 Å². The minimum atomic E-state index is -4.31. The van der Waals surface area contributed by atoms with Gasteiger partial charge in [0.15, 0.2) is 0 Å². The van der Waals surface area contributed by atoms with Gasteiger partial charge < -0.3 is 9.47 Å². The van der Waals surface area contributed by atoms with Gasteiger partial charge in [-0.2, -0.15) is 13.2 Å². The summed E-state index contributed by atoms with van der Waals surface area (Å²) >= 11 is 0. The molecule has 0 aromatic carbocycles. The molecule has 0 atom stereocenters. The first-order valence-corrected chi connectivity index (χ1v) is 4.96. The van der Waals surface area contributed by atoms with Crippen LogP contribution in [-0.4, -0.2) is 45.1 Å². The normalized spacial score (nSPS) is 11.5. The second-order valence-electron chi connectivity index (χ2n) is 3.05. The number of hydrogen-bond donors (Lipinski definition) is 1. The lowest BCUT2D eigenvalue weighted by atomic mass is 10.5. The number of rotatable bonds is 8. The third kappa shape index (κ3) is 11.3. The van der Waals surface area contributed by atoms with Crippen molar-refractivity contribution in [1.82, 2.24) is 5.32 Å². The molecule has 0 heterocycles. The maximum atomic E-state index is 11.7. The zero-order chi connectivity index (χ0) is 12.4. The molecule has 0 aromatic rings. The van der Waals surface area contributed by atoms with Crippen molar-refractivity contribution in [3.63, 3.8) is 0 Å². The van der Waals surface area contributed by atoms with E-state index in [1.165, 1.54) is 0 Å². The van der Waals surface area contributed by atoms with Gasteiger partial charge in [-0.1, -0.05) is 6.92 Å². The van der Waals surface area contributed by atoms with E-state index in [2.05, 4.69) is 4.74 Å². The van der Waals surface area contributed by atoms with Crippen LogP contribution in [0.4, 0.5) is 13.2 Å². The lowest BCUT2D eigenvalue weighted by Gasteiger charge is -2.08. The van der Waals surface area contributed by atoms with Crippen molar-refractivity contribution in [3.05, 3.63) is 0 Å². The Balaban J connectivity index is 3.32. The molecule has 0 aliphatic heterocycles. The Morgan fingerprint density at radius 2 is 1.94 bits per heavy atom. The highest BCUT2D eigenvalue weighted by Gasteiger charge is 2.26. The second kappa shape index (κ2) is 8.35. The summed E-state index contributed by atoms with van der Waals surface area (Å²) in [5, 5.41) is 1.94. The third-order valence-electron chi connectivity index (χ3n) is 1.43. The van der Waals surface area contributed by atoms with Gasteiger partial charge >= 0.3 is 12.1 Å². The molecule has 0 aliphatic rings. The Labute approximate surface area is 92.1 Å². The van der Waals surface area contributed by atoms with Crippen LogP contribution in [0.1, 0.15) is 13.3 Å². The summed E-state index contributed by atoms with van der Waals surface area (Å²) in [5.41, 5.74) is 0. The molecule has 0 amide bonds. The number of halogens is 3. The standard InChI is InChI=1S/C9H16F3NO3/c1-2-3-15-4-5-16-8(14)6-13-7-9(10,11)12/h13H,2-7H2,1H3. The lowest BCUT2D eigenvalue weighted by Crippen LogP contribution is -2.33. The Kier molecular flexibility index (Phi) is 7.92. The van der Waals surface area contributed by atoms with Gasteiger partial charge in [-0.05, 0) is 6.42 Å². The van der Waals surface area contributed by atoms with Gasteiger partial charge in [0.2, 0.25) is 0 Å². The number of nitrogens with one attached hydrogen (secondary N) is 1. The predicted octanol–water partition coefficient (Wildman–Crippen LogP) is 1.11. The zero-order valence-corrected chi connectivity index (χ0v) is 9.10. The summed E-state index contributed by atoms with van der Waals surface area (Å²) in [4.78, 5) is 10.9. The van der Waals surface area contributed by atoms with Gasteiger partial charge in [0, 0.05) is 6.61 Å². The van der Waals surface area contributed by atoms with E-state index in [4.69, 9.17) is 4.74 Å². The number of carbonyl (C=O) groups excluding carboxylic acids is 1. The monoisotopic (exact) mass is 243 g/mol. The summed E-state index contributed by atoms with van der Waals surface area (Å²) in [6.45, 7) is 1.18. The lowest BCUT2D eigenvalue weighted by molar-refractivity contribution is -0.146. The summed E-state index contributed by atoms with van der Waals surface area (Å²) in [6, 6.07) is 0. The van der Waals surface area contributed by atoms with Crippen LogP contribution in [0.25, 0.3) is 0 Å². The highest BCUT2D eigenvalue weighted by molar-refractivity contribution is 5.71. The molecule has 0 aliphatic carbocycles. The Hall–Kier alpha value is -0.820. The van der Waals surface area contributed by atoms with Gasteiger partial charge in [-0.3, -0.25) is 10.1 Å². The van der Waals surface area contributed by atoms with Gasteiger partial charge in [0.25, 0.3) is 0 Å². The second-order valence-corrected chi connectivity index (χ2v) is 3.05. The fourth-order valence-corrected chi connectivity index (χ4v) is 0.818. The Bertz CT molecular complexity index is 197. The molecule has 0 rings (SSSR count). The van der Waals surface area contributed by atoms with Crippen molar-refractivity contribution in [3.8, 4) is 0 Å². The molecule has 0 saturated heterocycles. The van der Waals surface area contributed by atoms with Gasteiger partial charge in [-0.15, -0.1) is 0 Å². The summed E-state index contributed by atoms with van der Waals surface area (Å²) in [7, 11) is 0. The van der Waals surface area contributed by atoms with Crippen molar-refractivity contribution in [2.75, 3.05) is 32.9 Å². The van der Waals surface area contributed by atoms with Crippen molar-refractivity contribution in [1.29, 1.82) is 0 Å². The van der Waals surface area contributed by atoms with Gasteiger partial charge in [-0.25, -0.2) is 0 Å². The van der Waals surface area contributed by atoms with E-state index in [1.54, 1.807) is 0 Å². The van der Waals surface area contributed by atoms with Gasteiger partial charge in [0.05, 0.1) is 19.7 Å². The van der Waals surface area contributed by atoms with Crippen LogP contribution < -0.4 is 5.32 Å². The maximum absolute atomic E-state index is 11.7. The zero-order valence-electron chi connectivity index (χ0n) is 9.10. The van der Waals surface area contributed by atoms with E-state index in [-0.39, 0.29) is 13.2 Å². The van der Waals surface area contributed by atoms with Crippen LogP contribution in [0.15, 0.2) is 0 Å². The topological polar surface area (TPSA) is 47.6 Å². The first kappa shape index (κ1) is 15.2. The van der Waals surface area contributed by atoms with E-state index >= 15 is 0 Å². The number of esters is 1. The molecule has 0 bridgehead atoms. The number of carbonyl (C=O) groups is 1. The van der Waals surface area contributed by atoms with Crippen molar-refractivity contribution in [2.45, 2.75) is 19.5 Å². The molecule has 0 spiro atoms. The van der Waals surface area contributed by atoms with E-state index < -0.39 is 25.2 Å². The minimum absolute atomic E-state index is 0.0620. The quantitative estimate of drug-likeness (QED) is 0.512. The van der Waals surface area contributed by atoms with Crippen molar-refractivity contribution < 1.29 is 27.4 Å². The Morgan fingerprint density at radius 1 is 1.25 bits per heavy atom. The molecule has 0 aromatic heterocycles. The fraction of sp³-hybridized carbons (Fsp3) is 0.889. The van der Waals surface area contributed by atoms with Crippen molar-refractivity contribution >= 4 is 5.97 Å². The van der Waals surface area contributed by atoms with Crippen LogP contribution in [0.2, 0.25) is 0 Å². The maximum Gasteiger partial charge on any atom is 0.401 e. The van der Waals surface area contributed by atoms with E-state index in [1.807, 2.05) is 12.2 Å². The number of hydrogen-bond acceptors (Lipinski definition) is 4. The number of ether oxygens (including phenoxy) is 2. The largest absolute Gasteiger partial charge is 0.462 e. The van der Waals surface area contributed by atoms with Crippen LogP contribution in [0, 0.1) is 0 Å². The van der Waals surface area contributed by atoms with E-state index in [0.29, 0.717) is 6.61 Å². The molecular formula is C9H16F3NO3. The highest BCUT2D eigenvalue weighted by Crippen LogP contribution is 2.11. The molecule has 96 valence electrons. The van der Waals surface area contributed by atoms with Crippen LogP contribution in [0.5, 0.6) is 0 Å². The van der Waals surface area contributed by atoms with Crippen LogP contribution in [0.3, 0.4) is 0 Å². The molecular weight excluding hydrogens is 227 g/mol. The fourth-order valence-electron chi connectivity index (χ4n) is 0.818. The molecule has 0 fully saturated rings. The SMILES string of the molecule is CCCOCCOC(=O)CNCC(F)(F)F. The molecule has 16 heavy (non-hydrogen) atoms. The molecule has 0 saturated carbocycles. The summed E-state index contributed by atoms with van der Waals surface area (Å²) in [5.74, 6) is -0.718. The summed E-state index contributed by atoms with van der Waals surface area (Å²) in [6.07, 6.45) is -3.45. The smallest absolute Gasteiger partial charge is 0.401 e. The molecule has 0 radical (unpaired) electrons. The predicted molar refractivity (Wildman–Crippen MR) is 51.0 cm³/mol.